The van der Waals surface area contributed by atoms with Gasteiger partial charge in [-0.1, -0.05) is 28.1 Å². The van der Waals surface area contributed by atoms with Crippen LogP contribution >= 0.6 is 15.9 Å². The fourth-order valence-electron chi connectivity index (χ4n) is 3.24. The van der Waals surface area contributed by atoms with E-state index in [2.05, 4.69) is 68.2 Å². The maximum absolute atomic E-state index is 5.94. The number of ether oxygens (including phenoxy) is 1. The Kier molecular flexibility index (Phi) is 4.77. The molecule has 1 saturated carbocycles. The van der Waals surface area contributed by atoms with Gasteiger partial charge in [-0.25, -0.2) is 4.98 Å². The van der Waals surface area contributed by atoms with E-state index in [1.807, 2.05) is 18.5 Å². The molecule has 1 N–H and O–H groups in total. The SMILES string of the molecule is Cn1ccnc1[C@H](NCCOc1ccc2cc(Br)ccc2c1)C1CC1. The van der Waals surface area contributed by atoms with Gasteiger partial charge in [0.25, 0.3) is 0 Å². The Morgan fingerprint density at radius 2 is 2.04 bits per heavy atom. The summed E-state index contributed by atoms with van der Waals surface area (Å²) < 4.78 is 9.15. The molecule has 1 aliphatic carbocycles. The molecule has 0 unspecified atom stereocenters. The Morgan fingerprint density at radius 3 is 2.80 bits per heavy atom. The number of rotatable bonds is 7. The fourth-order valence-corrected chi connectivity index (χ4v) is 3.62. The van der Waals surface area contributed by atoms with E-state index in [0.29, 0.717) is 18.6 Å². The zero-order chi connectivity index (χ0) is 17.2. The number of aromatic nitrogens is 2. The third-order valence-corrected chi connectivity index (χ3v) is 5.23. The maximum atomic E-state index is 5.94. The quantitative estimate of drug-likeness (QED) is 0.596. The van der Waals surface area contributed by atoms with Crippen LogP contribution in [-0.2, 0) is 7.05 Å². The van der Waals surface area contributed by atoms with E-state index in [9.17, 15) is 0 Å². The average Bonchev–Trinajstić information content (AvgIpc) is 3.36. The van der Waals surface area contributed by atoms with Crippen molar-refractivity contribution in [2.24, 2.45) is 13.0 Å². The van der Waals surface area contributed by atoms with Crippen LogP contribution in [0.2, 0.25) is 0 Å². The van der Waals surface area contributed by atoms with E-state index in [-0.39, 0.29) is 0 Å². The molecule has 3 aromatic rings. The lowest BCUT2D eigenvalue weighted by Gasteiger charge is -2.18. The summed E-state index contributed by atoms with van der Waals surface area (Å²) in [6.07, 6.45) is 6.45. The van der Waals surface area contributed by atoms with Crippen LogP contribution in [0.15, 0.2) is 53.3 Å². The predicted molar refractivity (Wildman–Crippen MR) is 104 cm³/mol. The average molecular weight is 400 g/mol. The van der Waals surface area contributed by atoms with Crippen molar-refractivity contribution in [2.75, 3.05) is 13.2 Å². The van der Waals surface area contributed by atoms with Crippen molar-refractivity contribution in [1.82, 2.24) is 14.9 Å². The second kappa shape index (κ2) is 7.18. The Balaban J connectivity index is 1.34. The molecular formula is C20H22BrN3O. The first kappa shape index (κ1) is 16.6. The minimum atomic E-state index is 0.331. The number of nitrogens with zero attached hydrogens (tertiary/aromatic N) is 2. The molecule has 0 radical (unpaired) electrons. The van der Waals surface area contributed by atoms with Crippen LogP contribution in [0.4, 0.5) is 0 Å². The summed E-state index contributed by atoms with van der Waals surface area (Å²) in [5, 5.41) is 6.03. The van der Waals surface area contributed by atoms with Crippen LogP contribution in [0.25, 0.3) is 10.8 Å². The van der Waals surface area contributed by atoms with Gasteiger partial charge >= 0.3 is 0 Å². The summed E-state index contributed by atoms with van der Waals surface area (Å²) >= 11 is 3.51. The molecule has 1 aromatic heterocycles. The minimum Gasteiger partial charge on any atom is -0.492 e. The van der Waals surface area contributed by atoms with Gasteiger partial charge in [-0.2, -0.15) is 0 Å². The summed E-state index contributed by atoms with van der Waals surface area (Å²) in [4.78, 5) is 4.51. The number of nitrogens with one attached hydrogen (secondary N) is 1. The van der Waals surface area contributed by atoms with Crippen molar-refractivity contribution >= 4 is 26.7 Å². The molecule has 0 amide bonds. The van der Waals surface area contributed by atoms with Crippen molar-refractivity contribution in [3.8, 4) is 5.75 Å². The van der Waals surface area contributed by atoms with Crippen LogP contribution in [-0.4, -0.2) is 22.7 Å². The largest absolute Gasteiger partial charge is 0.492 e. The monoisotopic (exact) mass is 399 g/mol. The Hall–Kier alpha value is -1.85. The minimum absolute atomic E-state index is 0.331. The number of hydrogen-bond donors (Lipinski definition) is 1. The summed E-state index contributed by atoms with van der Waals surface area (Å²) in [6.45, 7) is 1.46. The van der Waals surface area contributed by atoms with Crippen molar-refractivity contribution in [2.45, 2.75) is 18.9 Å². The third kappa shape index (κ3) is 3.88. The number of benzene rings is 2. The van der Waals surface area contributed by atoms with Gasteiger partial charge in [0.1, 0.15) is 18.2 Å². The number of aryl methyl sites for hydroxylation is 1. The van der Waals surface area contributed by atoms with Crippen LogP contribution in [0, 0.1) is 5.92 Å². The Morgan fingerprint density at radius 1 is 1.24 bits per heavy atom. The highest BCUT2D eigenvalue weighted by Crippen LogP contribution is 2.40. The van der Waals surface area contributed by atoms with Gasteiger partial charge in [-0.05, 0) is 53.8 Å². The molecular weight excluding hydrogens is 378 g/mol. The lowest BCUT2D eigenvalue weighted by Crippen LogP contribution is -2.29. The van der Waals surface area contributed by atoms with Crippen molar-refractivity contribution in [1.29, 1.82) is 0 Å². The number of hydrogen-bond acceptors (Lipinski definition) is 3. The van der Waals surface area contributed by atoms with Gasteiger partial charge in [0, 0.05) is 30.5 Å². The molecule has 1 atom stereocenters. The third-order valence-electron chi connectivity index (χ3n) is 4.74. The molecule has 0 aliphatic heterocycles. The summed E-state index contributed by atoms with van der Waals surface area (Å²) in [5.74, 6) is 2.75. The Bertz CT molecular complexity index is 872. The zero-order valence-electron chi connectivity index (χ0n) is 14.3. The van der Waals surface area contributed by atoms with E-state index < -0.39 is 0 Å². The van der Waals surface area contributed by atoms with Crippen LogP contribution in [0.3, 0.4) is 0 Å². The normalized spacial score (nSPS) is 15.4. The molecule has 1 fully saturated rings. The second-order valence-electron chi connectivity index (χ2n) is 6.67. The smallest absolute Gasteiger partial charge is 0.125 e. The predicted octanol–water partition coefficient (Wildman–Crippen LogP) is 4.46. The summed E-state index contributed by atoms with van der Waals surface area (Å²) in [6, 6.07) is 12.8. The highest BCUT2D eigenvalue weighted by Gasteiger charge is 2.34. The lowest BCUT2D eigenvalue weighted by atomic mass is 10.1. The molecule has 25 heavy (non-hydrogen) atoms. The highest BCUT2D eigenvalue weighted by atomic mass is 79.9. The number of halogens is 1. The maximum Gasteiger partial charge on any atom is 0.125 e. The molecule has 5 heteroatoms. The molecule has 4 nitrogen and oxygen atoms in total. The molecule has 0 bridgehead atoms. The van der Waals surface area contributed by atoms with E-state index in [1.165, 1.54) is 23.6 Å². The summed E-state index contributed by atoms with van der Waals surface area (Å²) in [7, 11) is 2.06. The Labute approximate surface area is 156 Å². The van der Waals surface area contributed by atoms with Crippen LogP contribution in [0.5, 0.6) is 5.75 Å². The molecule has 0 saturated heterocycles. The van der Waals surface area contributed by atoms with Gasteiger partial charge in [0.05, 0.1) is 6.04 Å². The van der Waals surface area contributed by atoms with E-state index >= 15 is 0 Å². The summed E-state index contributed by atoms with van der Waals surface area (Å²) in [5.41, 5.74) is 0. The van der Waals surface area contributed by atoms with Crippen LogP contribution < -0.4 is 10.1 Å². The van der Waals surface area contributed by atoms with Gasteiger partial charge in [0.15, 0.2) is 0 Å². The number of imidazole rings is 1. The molecule has 130 valence electrons. The van der Waals surface area contributed by atoms with Gasteiger partial charge < -0.3 is 14.6 Å². The molecule has 1 aliphatic rings. The molecule has 4 rings (SSSR count). The van der Waals surface area contributed by atoms with Crippen molar-refractivity contribution in [3.05, 3.63) is 59.1 Å². The highest BCUT2D eigenvalue weighted by molar-refractivity contribution is 9.10. The van der Waals surface area contributed by atoms with Gasteiger partial charge in [0.2, 0.25) is 0 Å². The van der Waals surface area contributed by atoms with E-state index in [0.717, 1.165) is 22.6 Å². The number of fused-ring (bicyclic) bond motifs is 1. The van der Waals surface area contributed by atoms with Crippen LogP contribution in [0.1, 0.15) is 24.7 Å². The second-order valence-corrected chi connectivity index (χ2v) is 7.58. The standard InChI is InChI=1S/C20H22BrN3O/c1-24-10-8-23-20(24)19(14-2-3-14)22-9-11-25-18-7-5-15-12-17(21)6-4-16(15)13-18/h4-8,10,12-14,19,22H,2-3,9,11H2,1H3/t19-/m1/s1. The first-order valence-corrected chi connectivity index (χ1v) is 9.53. The van der Waals surface area contributed by atoms with E-state index in [4.69, 9.17) is 4.74 Å². The molecule has 0 spiro atoms. The topological polar surface area (TPSA) is 39.1 Å². The van der Waals surface area contributed by atoms with Crippen molar-refractivity contribution in [3.63, 3.8) is 0 Å². The zero-order valence-corrected chi connectivity index (χ0v) is 15.9. The molecule has 2 aromatic carbocycles. The van der Waals surface area contributed by atoms with Gasteiger partial charge in [-0.15, -0.1) is 0 Å². The van der Waals surface area contributed by atoms with E-state index in [1.54, 1.807) is 0 Å². The van der Waals surface area contributed by atoms with Gasteiger partial charge in [-0.3, -0.25) is 0 Å². The van der Waals surface area contributed by atoms with Crippen molar-refractivity contribution < 1.29 is 4.74 Å². The molecule has 1 heterocycles. The first-order chi connectivity index (χ1) is 12.2. The lowest BCUT2D eigenvalue weighted by molar-refractivity contribution is 0.298. The fraction of sp³-hybridized carbons (Fsp3) is 0.350. The first-order valence-electron chi connectivity index (χ1n) is 8.73.